The van der Waals surface area contributed by atoms with Crippen molar-refractivity contribution in [2.45, 2.75) is 10.9 Å². The molecule has 10 heteroatoms. The van der Waals surface area contributed by atoms with Gasteiger partial charge in [0.2, 0.25) is 11.8 Å². The van der Waals surface area contributed by atoms with E-state index in [0.717, 1.165) is 11.3 Å². The van der Waals surface area contributed by atoms with Crippen LogP contribution in [0.2, 0.25) is 5.02 Å². The van der Waals surface area contributed by atoms with E-state index in [4.69, 9.17) is 16.0 Å². The minimum Gasteiger partial charge on any atom is -0.420 e. The minimum atomic E-state index is -0.253. The molecule has 0 saturated heterocycles. The average molecular weight is 437 g/mol. The largest absolute Gasteiger partial charge is 0.420 e. The Kier molecular flexibility index (Phi) is 4.82. The van der Waals surface area contributed by atoms with Crippen molar-refractivity contribution in [3.8, 4) is 17.1 Å². The van der Waals surface area contributed by atoms with Gasteiger partial charge in [0, 0.05) is 10.6 Å². The van der Waals surface area contributed by atoms with Crippen LogP contribution in [0.3, 0.4) is 0 Å². The summed E-state index contributed by atoms with van der Waals surface area (Å²) in [5.74, 6) is 1.18. The molecule has 0 aliphatic carbocycles. The molecule has 0 bridgehead atoms. The zero-order valence-corrected chi connectivity index (χ0v) is 16.9. The maximum atomic E-state index is 12.4. The quantitative estimate of drug-likeness (QED) is 0.326. The first-order chi connectivity index (χ1) is 14.7. The summed E-state index contributed by atoms with van der Waals surface area (Å²) in [6.45, 7) is 0. The normalized spacial score (nSPS) is 11.2. The summed E-state index contributed by atoms with van der Waals surface area (Å²) in [6.07, 6.45) is 1.51. The van der Waals surface area contributed by atoms with Gasteiger partial charge in [0.15, 0.2) is 10.8 Å². The summed E-state index contributed by atoms with van der Waals surface area (Å²) in [5, 5.41) is 13.9. The second kappa shape index (κ2) is 7.77. The number of thioether (sulfide) groups is 1. The molecule has 30 heavy (non-hydrogen) atoms. The fourth-order valence-electron chi connectivity index (χ4n) is 2.88. The zero-order chi connectivity index (χ0) is 20.5. The van der Waals surface area contributed by atoms with Crippen LogP contribution in [0.4, 0.5) is 0 Å². The third-order valence-corrected chi connectivity index (χ3v) is 5.42. The van der Waals surface area contributed by atoms with Crippen molar-refractivity contribution in [3.05, 3.63) is 82.1 Å². The molecule has 1 N–H and O–H groups in total. The van der Waals surface area contributed by atoms with Crippen LogP contribution in [-0.4, -0.2) is 29.9 Å². The SMILES string of the molecule is O=c1[nH]c(SCc2nnc(-c3ccc(Cl)cc3)o2)nc2c1cnn2-c1ccccc1. The van der Waals surface area contributed by atoms with Gasteiger partial charge in [-0.2, -0.15) is 5.10 Å². The number of nitrogens with zero attached hydrogens (tertiary/aromatic N) is 5. The van der Waals surface area contributed by atoms with E-state index in [1.807, 2.05) is 42.5 Å². The number of hydrogen-bond donors (Lipinski definition) is 1. The number of rotatable bonds is 5. The van der Waals surface area contributed by atoms with Gasteiger partial charge in [-0.3, -0.25) is 4.79 Å². The summed E-state index contributed by atoms with van der Waals surface area (Å²) in [5.41, 5.74) is 1.84. The standard InChI is InChI=1S/C20H13ClN6O2S/c21-13-8-6-12(7-9-13)19-26-25-16(29-19)11-30-20-23-17-15(18(28)24-20)10-22-27(17)14-4-2-1-3-5-14/h1-10H,11H2,(H,23,24,28). The predicted octanol–water partition coefficient (Wildman–Crippen LogP) is 4.10. The highest BCUT2D eigenvalue weighted by Crippen LogP contribution is 2.24. The Morgan fingerprint density at radius 1 is 1.07 bits per heavy atom. The number of aromatic amines is 1. The molecule has 0 fully saturated rings. The number of benzene rings is 2. The van der Waals surface area contributed by atoms with Crippen molar-refractivity contribution in [2.75, 3.05) is 0 Å². The number of hydrogen-bond acceptors (Lipinski definition) is 7. The van der Waals surface area contributed by atoms with Crippen LogP contribution in [0.15, 0.2) is 75.2 Å². The lowest BCUT2D eigenvalue weighted by Gasteiger charge is -2.03. The van der Waals surface area contributed by atoms with Crippen LogP contribution in [0.1, 0.15) is 5.89 Å². The maximum Gasteiger partial charge on any atom is 0.262 e. The monoisotopic (exact) mass is 436 g/mol. The molecule has 3 aromatic heterocycles. The molecule has 0 spiro atoms. The Hall–Kier alpha value is -3.43. The van der Waals surface area contributed by atoms with Gasteiger partial charge in [-0.05, 0) is 36.4 Å². The summed E-state index contributed by atoms with van der Waals surface area (Å²) < 4.78 is 7.34. The third kappa shape index (κ3) is 3.60. The molecular weight excluding hydrogens is 424 g/mol. The van der Waals surface area contributed by atoms with Crippen LogP contribution in [0.25, 0.3) is 28.2 Å². The van der Waals surface area contributed by atoms with Gasteiger partial charge in [-0.25, -0.2) is 9.67 Å². The molecule has 8 nitrogen and oxygen atoms in total. The number of nitrogens with one attached hydrogen (secondary N) is 1. The molecular formula is C20H13ClN6O2S. The van der Waals surface area contributed by atoms with Crippen molar-refractivity contribution in [3.63, 3.8) is 0 Å². The Morgan fingerprint density at radius 2 is 1.87 bits per heavy atom. The number of H-pyrrole nitrogens is 1. The highest BCUT2D eigenvalue weighted by atomic mass is 35.5. The fraction of sp³-hybridized carbons (Fsp3) is 0.0500. The Labute approximate surface area is 178 Å². The van der Waals surface area contributed by atoms with Crippen molar-refractivity contribution < 1.29 is 4.42 Å². The highest BCUT2D eigenvalue weighted by Gasteiger charge is 2.14. The van der Waals surface area contributed by atoms with E-state index in [2.05, 4.69) is 25.3 Å². The van der Waals surface area contributed by atoms with E-state index in [9.17, 15) is 4.79 Å². The van der Waals surface area contributed by atoms with Crippen molar-refractivity contribution in [2.24, 2.45) is 0 Å². The maximum absolute atomic E-state index is 12.4. The van der Waals surface area contributed by atoms with Crippen LogP contribution in [0, 0.1) is 0 Å². The van der Waals surface area contributed by atoms with Gasteiger partial charge < -0.3 is 9.40 Å². The molecule has 5 aromatic rings. The highest BCUT2D eigenvalue weighted by molar-refractivity contribution is 7.98. The lowest BCUT2D eigenvalue weighted by molar-refractivity contribution is 0.528. The van der Waals surface area contributed by atoms with Gasteiger partial charge in [0.05, 0.1) is 17.6 Å². The summed E-state index contributed by atoms with van der Waals surface area (Å²) >= 11 is 7.20. The third-order valence-electron chi connectivity index (χ3n) is 4.31. The number of fused-ring (bicyclic) bond motifs is 1. The van der Waals surface area contributed by atoms with E-state index in [-0.39, 0.29) is 5.56 Å². The Bertz CT molecular complexity index is 1380. The summed E-state index contributed by atoms with van der Waals surface area (Å²) in [6, 6.07) is 16.7. The van der Waals surface area contributed by atoms with Crippen LogP contribution in [0.5, 0.6) is 0 Å². The zero-order valence-electron chi connectivity index (χ0n) is 15.3. The average Bonchev–Trinajstić information content (AvgIpc) is 3.41. The van der Waals surface area contributed by atoms with Gasteiger partial charge in [0.1, 0.15) is 5.39 Å². The first kappa shape index (κ1) is 18.6. The first-order valence-corrected chi connectivity index (χ1v) is 10.3. The lowest BCUT2D eigenvalue weighted by atomic mass is 10.2. The number of aromatic nitrogens is 6. The van der Waals surface area contributed by atoms with E-state index < -0.39 is 0 Å². The summed E-state index contributed by atoms with van der Waals surface area (Å²) in [4.78, 5) is 19.8. The number of para-hydroxylation sites is 1. The summed E-state index contributed by atoms with van der Waals surface area (Å²) in [7, 11) is 0. The molecule has 0 radical (unpaired) electrons. The van der Waals surface area contributed by atoms with Gasteiger partial charge in [-0.1, -0.05) is 41.6 Å². The molecule has 0 amide bonds. The van der Waals surface area contributed by atoms with Crippen molar-refractivity contribution in [1.82, 2.24) is 29.9 Å². The molecule has 0 aliphatic heterocycles. The van der Waals surface area contributed by atoms with Crippen LogP contribution < -0.4 is 5.56 Å². The molecule has 148 valence electrons. The molecule has 3 heterocycles. The minimum absolute atomic E-state index is 0.253. The molecule has 0 atom stereocenters. The first-order valence-electron chi connectivity index (χ1n) is 8.92. The van der Waals surface area contributed by atoms with E-state index in [1.54, 1.807) is 16.8 Å². The molecule has 0 aliphatic rings. The predicted molar refractivity (Wildman–Crippen MR) is 114 cm³/mol. The molecule has 5 rings (SSSR count). The van der Waals surface area contributed by atoms with Gasteiger partial charge in [0.25, 0.3) is 5.56 Å². The van der Waals surface area contributed by atoms with E-state index in [0.29, 0.717) is 38.7 Å². The van der Waals surface area contributed by atoms with Crippen molar-refractivity contribution >= 4 is 34.4 Å². The Morgan fingerprint density at radius 3 is 2.67 bits per heavy atom. The lowest BCUT2D eigenvalue weighted by Crippen LogP contribution is -2.09. The van der Waals surface area contributed by atoms with E-state index >= 15 is 0 Å². The molecule has 2 aromatic carbocycles. The van der Waals surface area contributed by atoms with Gasteiger partial charge >= 0.3 is 0 Å². The van der Waals surface area contributed by atoms with Crippen LogP contribution in [-0.2, 0) is 5.75 Å². The fourth-order valence-corrected chi connectivity index (χ4v) is 3.69. The Balaban J connectivity index is 1.40. The second-order valence-electron chi connectivity index (χ2n) is 6.30. The van der Waals surface area contributed by atoms with E-state index in [1.165, 1.54) is 18.0 Å². The topological polar surface area (TPSA) is 102 Å². The molecule has 0 saturated carbocycles. The molecule has 0 unspecified atom stereocenters. The van der Waals surface area contributed by atoms with Gasteiger partial charge in [-0.15, -0.1) is 10.2 Å². The number of halogens is 1. The van der Waals surface area contributed by atoms with Crippen LogP contribution >= 0.6 is 23.4 Å². The second-order valence-corrected chi connectivity index (χ2v) is 7.70. The smallest absolute Gasteiger partial charge is 0.262 e. The van der Waals surface area contributed by atoms with Crippen molar-refractivity contribution in [1.29, 1.82) is 0 Å².